The maximum absolute atomic E-state index is 12.7. The number of rotatable bonds is 3. The van der Waals surface area contributed by atoms with Crippen molar-refractivity contribution >= 4 is 17.6 Å². The SMILES string of the molecule is Cc1ccc(N2CCN(C(=O)c3ccccc3C(=O)O)CC2)cc1C. The zero-order valence-corrected chi connectivity index (χ0v) is 14.5. The van der Waals surface area contributed by atoms with Gasteiger partial charge in [-0.05, 0) is 49.2 Å². The second-order valence-corrected chi connectivity index (χ2v) is 6.40. The fourth-order valence-corrected chi connectivity index (χ4v) is 3.12. The monoisotopic (exact) mass is 338 g/mol. The van der Waals surface area contributed by atoms with Crippen molar-refractivity contribution < 1.29 is 14.7 Å². The Balaban J connectivity index is 1.71. The van der Waals surface area contributed by atoms with Crippen LogP contribution in [0.25, 0.3) is 0 Å². The molecule has 25 heavy (non-hydrogen) atoms. The molecule has 0 atom stereocenters. The molecule has 2 aromatic carbocycles. The van der Waals surface area contributed by atoms with E-state index in [0.717, 1.165) is 13.1 Å². The Kier molecular flexibility index (Phi) is 4.74. The molecule has 1 aliphatic heterocycles. The van der Waals surface area contributed by atoms with Gasteiger partial charge in [0.05, 0.1) is 11.1 Å². The summed E-state index contributed by atoms with van der Waals surface area (Å²) < 4.78 is 0. The molecule has 0 unspecified atom stereocenters. The van der Waals surface area contributed by atoms with Gasteiger partial charge in [0, 0.05) is 31.9 Å². The molecule has 1 amide bonds. The maximum atomic E-state index is 12.7. The molecule has 1 aliphatic rings. The summed E-state index contributed by atoms with van der Waals surface area (Å²) >= 11 is 0. The lowest BCUT2D eigenvalue weighted by molar-refractivity contribution is 0.0673. The minimum absolute atomic E-state index is 0.0593. The first-order valence-electron chi connectivity index (χ1n) is 8.41. The summed E-state index contributed by atoms with van der Waals surface area (Å²) in [6.45, 7) is 6.84. The molecule has 1 N–H and O–H groups in total. The van der Waals surface area contributed by atoms with E-state index < -0.39 is 5.97 Å². The fraction of sp³-hybridized carbons (Fsp3) is 0.300. The lowest BCUT2D eigenvalue weighted by atomic mass is 10.1. The molecule has 2 aromatic rings. The van der Waals surface area contributed by atoms with Crippen LogP contribution in [0.3, 0.4) is 0 Å². The number of carbonyl (C=O) groups excluding carboxylic acids is 1. The summed E-state index contributed by atoms with van der Waals surface area (Å²) in [5.41, 5.74) is 4.01. The Bertz CT molecular complexity index is 808. The Morgan fingerprint density at radius 1 is 0.880 bits per heavy atom. The van der Waals surface area contributed by atoms with Gasteiger partial charge < -0.3 is 14.9 Å². The molecule has 0 spiro atoms. The molecule has 1 fully saturated rings. The molecule has 5 nitrogen and oxygen atoms in total. The van der Waals surface area contributed by atoms with E-state index in [-0.39, 0.29) is 17.0 Å². The third-order valence-electron chi connectivity index (χ3n) is 4.81. The summed E-state index contributed by atoms with van der Waals surface area (Å²) in [7, 11) is 0. The van der Waals surface area contributed by atoms with E-state index in [1.807, 2.05) is 0 Å². The minimum atomic E-state index is -1.07. The van der Waals surface area contributed by atoms with Gasteiger partial charge in [0.2, 0.25) is 0 Å². The number of carbonyl (C=O) groups is 2. The first kappa shape index (κ1) is 17.0. The van der Waals surface area contributed by atoms with Crippen molar-refractivity contribution in [2.45, 2.75) is 13.8 Å². The van der Waals surface area contributed by atoms with Crippen molar-refractivity contribution in [3.05, 3.63) is 64.7 Å². The average Bonchev–Trinajstić information content (AvgIpc) is 2.63. The van der Waals surface area contributed by atoms with E-state index in [1.165, 1.54) is 22.9 Å². The summed E-state index contributed by atoms with van der Waals surface area (Å²) in [6.07, 6.45) is 0. The summed E-state index contributed by atoms with van der Waals surface area (Å²) in [5.74, 6) is -1.28. The lowest BCUT2D eigenvalue weighted by Gasteiger charge is -2.36. The van der Waals surface area contributed by atoms with Gasteiger partial charge in [0.15, 0.2) is 0 Å². The average molecular weight is 338 g/mol. The first-order chi connectivity index (χ1) is 12.0. The Hall–Kier alpha value is -2.82. The van der Waals surface area contributed by atoms with Crippen LogP contribution in [0.15, 0.2) is 42.5 Å². The first-order valence-corrected chi connectivity index (χ1v) is 8.41. The van der Waals surface area contributed by atoms with E-state index in [2.05, 4.69) is 36.9 Å². The number of anilines is 1. The molecule has 130 valence electrons. The molecule has 1 heterocycles. The van der Waals surface area contributed by atoms with Gasteiger partial charge in [-0.2, -0.15) is 0 Å². The third-order valence-corrected chi connectivity index (χ3v) is 4.81. The van der Waals surface area contributed by atoms with Gasteiger partial charge >= 0.3 is 5.97 Å². The number of aromatic carboxylic acids is 1. The highest BCUT2D eigenvalue weighted by molar-refractivity contribution is 6.04. The quantitative estimate of drug-likeness (QED) is 0.935. The van der Waals surface area contributed by atoms with Gasteiger partial charge in [0.25, 0.3) is 5.91 Å². The van der Waals surface area contributed by atoms with Crippen LogP contribution >= 0.6 is 0 Å². The van der Waals surface area contributed by atoms with Gasteiger partial charge in [-0.15, -0.1) is 0 Å². The Labute approximate surface area is 147 Å². The number of carboxylic acid groups (broad SMARTS) is 1. The number of hydrogen-bond donors (Lipinski definition) is 1. The summed E-state index contributed by atoms with van der Waals surface area (Å²) in [6, 6.07) is 12.8. The molecule has 1 saturated heterocycles. The Morgan fingerprint density at radius 2 is 1.52 bits per heavy atom. The number of amides is 1. The fourth-order valence-electron chi connectivity index (χ4n) is 3.12. The van der Waals surface area contributed by atoms with Crippen LogP contribution < -0.4 is 4.90 Å². The topological polar surface area (TPSA) is 60.9 Å². The number of benzene rings is 2. The van der Waals surface area contributed by atoms with Crippen LogP contribution in [-0.4, -0.2) is 48.1 Å². The van der Waals surface area contributed by atoms with Gasteiger partial charge in [-0.1, -0.05) is 18.2 Å². The molecule has 0 aromatic heterocycles. The molecule has 5 heteroatoms. The zero-order chi connectivity index (χ0) is 18.0. The van der Waals surface area contributed by atoms with E-state index in [0.29, 0.717) is 13.1 Å². The van der Waals surface area contributed by atoms with Crippen LogP contribution in [0.1, 0.15) is 31.8 Å². The van der Waals surface area contributed by atoms with Crippen LogP contribution in [0.4, 0.5) is 5.69 Å². The lowest BCUT2D eigenvalue weighted by Crippen LogP contribution is -2.49. The van der Waals surface area contributed by atoms with Crippen molar-refractivity contribution in [1.29, 1.82) is 0 Å². The highest BCUT2D eigenvalue weighted by Crippen LogP contribution is 2.21. The van der Waals surface area contributed by atoms with Gasteiger partial charge in [0.1, 0.15) is 0 Å². The zero-order valence-electron chi connectivity index (χ0n) is 14.5. The summed E-state index contributed by atoms with van der Waals surface area (Å²) in [5, 5.41) is 9.27. The summed E-state index contributed by atoms with van der Waals surface area (Å²) in [4.78, 5) is 28.0. The molecular weight excluding hydrogens is 316 g/mol. The van der Waals surface area contributed by atoms with Crippen LogP contribution in [0.5, 0.6) is 0 Å². The normalized spacial score (nSPS) is 14.5. The van der Waals surface area contributed by atoms with E-state index in [1.54, 1.807) is 23.1 Å². The minimum Gasteiger partial charge on any atom is -0.478 e. The number of hydrogen-bond acceptors (Lipinski definition) is 3. The molecule has 0 radical (unpaired) electrons. The van der Waals surface area contributed by atoms with Crippen molar-refractivity contribution in [3.63, 3.8) is 0 Å². The second kappa shape index (κ2) is 6.97. The van der Waals surface area contributed by atoms with Crippen molar-refractivity contribution in [3.8, 4) is 0 Å². The standard InChI is InChI=1S/C20H22N2O3/c1-14-7-8-16(13-15(14)2)21-9-11-22(12-10-21)19(23)17-5-3-4-6-18(17)20(24)25/h3-8,13H,9-12H2,1-2H3,(H,24,25). The molecule has 0 bridgehead atoms. The van der Waals surface area contributed by atoms with Crippen molar-refractivity contribution in [1.82, 2.24) is 4.90 Å². The predicted molar refractivity (Wildman–Crippen MR) is 97.4 cm³/mol. The number of piperazine rings is 1. The largest absolute Gasteiger partial charge is 0.478 e. The second-order valence-electron chi connectivity index (χ2n) is 6.40. The number of carboxylic acids is 1. The Morgan fingerprint density at radius 3 is 2.12 bits per heavy atom. The maximum Gasteiger partial charge on any atom is 0.336 e. The van der Waals surface area contributed by atoms with Gasteiger partial charge in [-0.25, -0.2) is 4.79 Å². The van der Waals surface area contributed by atoms with Crippen LogP contribution in [0, 0.1) is 13.8 Å². The number of nitrogens with zero attached hydrogens (tertiary/aromatic N) is 2. The van der Waals surface area contributed by atoms with Gasteiger partial charge in [-0.3, -0.25) is 4.79 Å². The van der Waals surface area contributed by atoms with Crippen LogP contribution in [0.2, 0.25) is 0 Å². The van der Waals surface area contributed by atoms with Crippen molar-refractivity contribution in [2.75, 3.05) is 31.1 Å². The highest BCUT2D eigenvalue weighted by atomic mass is 16.4. The highest BCUT2D eigenvalue weighted by Gasteiger charge is 2.25. The molecule has 0 saturated carbocycles. The van der Waals surface area contributed by atoms with Crippen molar-refractivity contribution in [2.24, 2.45) is 0 Å². The van der Waals surface area contributed by atoms with E-state index in [4.69, 9.17) is 0 Å². The predicted octanol–water partition coefficient (Wildman–Crippen LogP) is 2.96. The molecule has 3 rings (SSSR count). The molecular formula is C20H22N2O3. The van der Waals surface area contributed by atoms with E-state index in [9.17, 15) is 14.7 Å². The smallest absolute Gasteiger partial charge is 0.336 e. The van der Waals surface area contributed by atoms with E-state index >= 15 is 0 Å². The van der Waals surface area contributed by atoms with Crippen LogP contribution in [-0.2, 0) is 0 Å². The molecule has 0 aliphatic carbocycles. The third kappa shape index (κ3) is 3.50. The number of aryl methyl sites for hydroxylation is 2.